The van der Waals surface area contributed by atoms with Crippen LogP contribution in [-0.2, 0) is 11.2 Å². The first-order chi connectivity index (χ1) is 15.5. The van der Waals surface area contributed by atoms with Gasteiger partial charge in [0, 0.05) is 47.4 Å². The molecule has 1 aromatic carbocycles. The van der Waals surface area contributed by atoms with Crippen LogP contribution in [0.25, 0.3) is 11.0 Å². The Labute approximate surface area is 189 Å². The van der Waals surface area contributed by atoms with Gasteiger partial charge in [-0.3, -0.25) is 9.79 Å². The van der Waals surface area contributed by atoms with Crippen molar-refractivity contribution < 1.29 is 9.90 Å². The molecule has 170 valence electrons. The maximum atomic E-state index is 11.8. The van der Waals surface area contributed by atoms with E-state index in [9.17, 15) is 9.90 Å². The standard InChI is InChI=1S/C25H33N5O2/c1-15(12-18-14-26-10-11-27-18)24-29-23-20-7-6-16(2)28-21(20)8-9-22(23)30(24)19-5-3-4-17(13-19)25(31)32/h8-11,15-17,19,26,28H,3-7,12-14H2,1-2H3,(H,31,32). The SMILES string of the molecule is CC1CCc2c(ccc3c2nc(C(C)CC2=NC=CNC2)n3C2CCCC(C(=O)O)C2)N1. The smallest absolute Gasteiger partial charge is 0.306 e. The Morgan fingerprint density at radius 1 is 1.31 bits per heavy atom. The van der Waals surface area contributed by atoms with E-state index < -0.39 is 5.97 Å². The average molecular weight is 436 g/mol. The fraction of sp³-hybridized carbons (Fsp3) is 0.560. The van der Waals surface area contributed by atoms with E-state index in [0.717, 1.165) is 67.6 Å². The second-order valence-corrected chi connectivity index (χ2v) is 9.74. The Balaban J connectivity index is 1.58. The van der Waals surface area contributed by atoms with Gasteiger partial charge in [0.2, 0.25) is 0 Å². The van der Waals surface area contributed by atoms with Crippen molar-refractivity contribution in [2.75, 3.05) is 11.9 Å². The number of carbonyl (C=O) groups is 1. The zero-order valence-electron chi connectivity index (χ0n) is 19.0. The summed E-state index contributed by atoms with van der Waals surface area (Å²) in [5, 5.41) is 16.5. The van der Waals surface area contributed by atoms with Crippen LogP contribution in [0.2, 0.25) is 0 Å². The van der Waals surface area contributed by atoms with E-state index in [2.05, 4.69) is 46.2 Å². The molecule has 4 unspecified atom stereocenters. The average Bonchev–Trinajstić information content (AvgIpc) is 3.20. The molecule has 0 saturated heterocycles. The van der Waals surface area contributed by atoms with E-state index in [-0.39, 0.29) is 17.9 Å². The topological polar surface area (TPSA) is 91.5 Å². The molecule has 0 amide bonds. The van der Waals surface area contributed by atoms with Gasteiger partial charge in [0.05, 0.1) is 23.5 Å². The van der Waals surface area contributed by atoms with Crippen LogP contribution in [0.1, 0.15) is 75.7 Å². The number of carboxylic acid groups (broad SMARTS) is 1. The molecule has 3 heterocycles. The van der Waals surface area contributed by atoms with Crippen molar-refractivity contribution >= 4 is 28.4 Å². The normalized spacial score (nSPS) is 26.1. The molecule has 5 rings (SSSR count). The van der Waals surface area contributed by atoms with Gasteiger partial charge in [-0.1, -0.05) is 13.3 Å². The number of aliphatic imine (C=N–C) groups is 1. The number of imidazole rings is 1. The molecule has 32 heavy (non-hydrogen) atoms. The van der Waals surface area contributed by atoms with E-state index >= 15 is 0 Å². The summed E-state index contributed by atoms with van der Waals surface area (Å²) in [4.78, 5) is 21.6. The number of hydrogen-bond acceptors (Lipinski definition) is 5. The highest BCUT2D eigenvalue weighted by atomic mass is 16.4. The maximum absolute atomic E-state index is 11.8. The fourth-order valence-electron chi connectivity index (χ4n) is 5.66. The quantitative estimate of drug-likeness (QED) is 0.638. The minimum atomic E-state index is -0.668. The van der Waals surface area contributed by atoms with Gasteiger partial charge in [0.1, 0.15) is 5.82 Å². The minimum absolute atomic E-state index is 0.173. The van der Waals surface area contributed by atoms with E-state index in [1.165, 1.54) is 11.3 Å². The van der Waals surface area contributed by atoms with Gasteiger partial charge >= 0.3 is 5.97 Å². The Morgan fingerprint density at radius 3 is 2.97 bits per heavy atom. The van der Waals surface area contributed by atoms with Crippen molar-refractivity contribution in [3.05, 3.63) is 35.9 Å². The summed E-state index contributed by atoms with van der Waals surface area (Å²) < 4.78 is 2.39. The van der Waals surface area contributed by atoms with Crippen LogP contribution in [0.4, 0.5) is 5.69 Å². The van der Waals surface area contributed by atoms with Gasteiger partial charge in [-0.05, 0) is 57.6 Å². The van der Waals surface area contributed by atoms with E-state index in [1.807, 2.05) is 12.4 Å². The van der Waals surface area contributed by atoms with Gasteiger partial charge in [-0.2, -0.15) is 0 Å². The maximum Gasteiger partial charge on any atom is 0.306 e. The van der Waals surface area contributed by atoms with Crippen LogP contribution >= 0.6 is 0 Å². The molecule has 4 atom stereocenters. The number of nitrogens with zero attached hydrogens (tertiary/aromatic N) is 3. The summed E-state index contributed by atoms with van der Waals surface area (Å²) in [5.74, 6) is 0.330. The highest BCUT2D eigenvalue weighted by molar-refractivity contribution is 5.89. The Hall–Kier alpha value is -2.83. The minimum Gasteiger partial charge on any atom is -0.481 e. The molecule has 1 fully saturated rings. The number of fused-ring (bicyclic) bond motifs is 3. The van der Waals surface area contributed by atoms with Gasteiger partial charge < -0.3 is 20.3 Å². The van der Waals surface area contributed by atoms with Crippen molar-refractivity contribution in [3.8, 4) is 0 Å². The van der Waals surface area contributed by atoms with Crippen LogP contribution in [0.15, 0.2) is 29.5 Å². The molecule has 1 aromatic heterocycles. The van der Waals surface area contributed by atoms with E-state index in [1.54, 1.807) is 0 Å². The van der Waals surface area contributed by atoms with Gasteiger partial charge in [0.25, 0.3) is 0 Å². The third-order valence-corrected chi connectivity index (χ3v) is 7.32. The Bertz CT molecular complexity index is 1090. The Kier molecular flexibility index (Phi) is 5.66. The lowest BCUT2D eigenvalue weighted by atomic mass is 9.85. The molecular weight excluding hydrogens is 402 g/mol. The predicted molar refractivity (Wildman–Crippen MR) is 127 cm³/mol. The Morgan fingerprint density at radius 2 is 2.19 bits per heavy atom. The molecule has 3 aliphatic rings. The molecular formula is C25H33N5O2. The summed E-state index contributed by atoms with van der Waals surface area (Å²) in [6, 6.07) is 5.03. The number of rotatable bonds is 5. The summed E-state index contributed by atoms with van der Waals surface area (Å²) in [5.41, 5.74) is 5.87. The lowest BCUT2D eigenvalue weighted by Crippen LogP contribution is -2.27. The van der Waals surface area contributed by atoms with Crippen molar-refractivity contribution in [2.24, 2.45) is 10.9 Å². The zero-order valence-corrected chi connectivity index (χ0v) is 19.0. The number of benzene rings is 1. The molecule has 7 heteroatoms. The predicted octanol–water partition coefficient (Wildman–Crippen LogP) is 4.61. The molecule has 0 bridgehead atoms. The van der Waals surface area contributed by atoms with Crippen molar-refractivity contribution in [1.82, 2.24) is 14.9 Å². The summed E-state index contributed by atoms with van der Waals surface area (Å²) in [6.07, 6.45) is 10.1. The fourth-order valence-corrected chi connectivity index (χ4v) is 5.66. The van der Waals surface area contributed by atoms with Crippen molar-refractivity contribution in [1.29, 1.82) is 0 Å². The van der Waals surface area contributed by atoms with Crippen molar-refractivity contribution in [3.63, 3.8) is 0 Å². The molecule has 7 nitrogen and oxygen atoms in total. The van der Waals surface area contributed by atoms with E-state index in [4.69, 9.17) is 4.98 Å². The van der Waals surface area contributed by atoms with Gasteiger partial charge in [-0.15, -0.1) is 0 Å². The lowest BCUT2D eigenvalue weighted by Gasteiger charge is -2.31. The first kappa shape index (κ1) is 21.0. The number of anilines is 1. The van der Waals surface area contributed by atoms with Crippen LogP contribution in [-0.4, -0.2) is 38.9 Å². The van der Waals surface area contributed by atoms with Crippen LogP contribution in [0, 0.1) is 5.92 Å². The largest absolute Gasteiger partial charge is 0.481 e. The number of nitrogens with one attached hydrogen (secondary N) is 2. The van der Waals surface area contributed by atoms with Gasteiger partial charge in [-0.25, -0.2) is 4.98 Å². The number of carboxylic acids is 1. The van der Waals surface area contributed by atoms with E-state index in [0.29, 0.717) is 12.5 Å². The molecule has 3 N–H and O–H groups in total. The summed E-state index contributed by atoms with van der Waals surface area (Å²) >= 11 is 0. The third-order valence-electron chi connectivity index (χ3n) is 7.32. The zero-order chi connectivity index (χ0) is 22.2. The molecule has 1 aliphatic carbocycles. The molecule has 2 aromatic rings. The number of aromatic nitrogens is 2. The molecule has 1 saturated carbocycles. The number of aliphatic carboxylic acids is 1. The first-order valence-electron chi connectivity index (χ1n) is 12.0. The highest BCUT2D eigenvalue weighted by Gasteiger charge is 2.32. The second-order valence-electron chi connectivity index (χ2n) is 9.74. The summed E-state index contributed by atoms with van der Waals surface area (Å²) in [6.45, 7) is 5.21. The third kappa shape index (κ3) is 3.89. The molecule has 0 radical (unpaired) electrons. The van der Waals surface area contributed by atoms with Crippen LogP contribution < -0.4 is 10.6 Å². The monoisotopic (exact) mass is 435 g/mol. The second kappa shape index (κ2) is 8.60. The molecule has 0 spiro atoms. The van der Waals surface area contributed by atoms with Crippen LogP contribution in [0.5, 0.6) is 0 Å². The summed E-state index contributed by atoms with van der Waals surface area (Å²) in [7, 11) is 0. The molecule has 2 aliphatic heterocycles. The lowest BCUT2D eigenvalue weighted by molar-refractivity contribution is -0.143. The van der Waals surface area contributed by atoms with Crippen LogP contribution in [0.3, 0.4) is 0 Å². The number of aryl methyl sites for hydroxylation is 1. The highest BCUT2D eigenvalue weighted by Crippen LogP contribution is 2.40. The first-order valence-corrected chi connectivity index (χ1v) is 12.0. The number of hydrogen-bond donors (Lipinski definition) is 3. The van der Waals surface area contributed by atoms with Gasteiger partial charge in [0.15, 0.2) is 0 Å². The van der Waals surface area contributed by atoms with Crippen molar-refractivity contribution in [2.45, 2.75) is 76.8 Å².